The number of nitrogens with zero attached hydrogens (tertiary/aromatic N) is 4. The number of furan rings is 1. The summed E-state index contributed by atoms with van der Waals surface area (Å²) in [6.07, 6.45) is 0. The minimum Gasteiger partial charge on any atom is -0.453 e. The summed E-state index contributed by atoms with van der Waals surface area (Å²) < 4.78 is 29.7. The summed E-state index contributed by atoms with van der Waals surface area (Å²) in [4.78, 5) is 0. The van der Waals surface area contributed by atoms with Crippen molar-refractivity contribution in [3.8, 4) is 67.3 Å². The maximum Gasteiger partial charge on any atom is 0.161 e. The van der Waals surface area contributed by atoms with Gasteiger partial charge < -0.3 is 22.7 Å². The molecule has 0 atom stereocenters. The fourth-order valence-electron chi connectivity index (χ4n) is 18.4. The molecule has 16 aromatic carbocycles. The minimum absolute atomic E-state index is 0.922. The molecule has 0 radical (unpaired) electrons. The van der Waals surface area contributed by atoms with Gasteiger partial charge in [-0.2, -0.15) is 0 Å². The van der Waals surface area contributed by atoms with E-state index < -0.39 is 0 Å². The van der Waals surface area contributed by atoms with Crippen LogP contribution < -0.4 is 0 Å². The Morgan fingerprint density at radius 2 is 0.474 bits per heavy atom. The van der Waals surface area contributed by atoms with Crippen molar-refractivity contribution in [2.24, 2.45) is 0 Å². The monoisotopic (exact) mass is 1540 g/mol. The Kier molecular flexibility index (Phi) is 14.1. The van der Waals surface area contributed by atoms with Crippen molar-refractivity contribution < 1.29 is 4.42 Å². The topological polar surface area (TPSA) is 32.9 Å². The average molecular weight is 1540 g/mol. The van der Waals surface area contributed by atoms with Crippen LogP contribution in [0.4, 0.5) is 0 Å². The molecule has 532 valence electrons. The van der Waals surface area contributed by atoms with E-state index in [4.69, 9.17) is 4.42 Å². The number of para-hydroxylation sites is 9. The maximum absolute atomic E-state index is 6.87. The molecule has 26 rings (SSSR count). The first kappa shape index (κ1) is 64.3. The molecule has 0 aliphatic rings. The summed E-state index contributed by atoms with van der Waals surface area (Å²) in [6.45, 7) is 0. The summed E-state index contributed by atoms with van der Waals surface area (Å²) in [5, 5.41) is 15.3. The first-order valence-electron chi connectivity index (χ1n) is 38.5. The van der Waals surface area contributed by atoms with Gasteiger partial charge >= 0.3 is 0 Å². The van der Waals surface area contributed by atoms with E-state index in [9.17, 15) is 0 Å². The molecular formula is C104H60N4OS5. The Hall–Kier alpha value is -13.4. The zero-order valence-electron chi connectivity index (χ0n) is 60.9. The van der Waals surface area contributed by atoms with Crippen LogP contribution in [0.1, 0.15) is 0 Å². The molecule has 0 spiro atoms. The van der Waals surface area contributed by atoms with Gasteiger partial charge in [0.15, 0.2) is 5.58 Å². The quantitative estimate of drug-likeness (QED) is 0.149. The number of aromatic nitrogens is 4. The number of hydrogen-bond donors (Lipinski definition) is 0. The molecule has 0 N–H and O–H groups in total. The number of rotatable bonds is 8. The van der Waals surface area contributed by atoms with Gasteiger partial charge in [-0.1, -0.05) is 243 Å². The average Bonchev–Trinajstić information content (AvgIpc) is 1.57. The van der Waals surface area contributed by atoms with E-state index in [0.717, 1.165) is 49.8 Å². The molecule has 0 bridgehead atoms. The molecular weight excluding hydrogens is 1480 g/mol. The third kappa shape index (κ3) is 9.61. The Balaban J connectivity index is 0.000000129. The number of thiophene rings is 5. The van der Waals surface area contributed by atoms with Gasteiger partial charge in [0.2, 0.25) is 0 Å². The van der Waals surface area contributed by atoms with Crippen LogP contribution >= 0.6 is 56.7 Å². The standard InChI is InChI=1S/C52H30N2OS2.C52H30N2S3/c1-3-12-34(13-4-1)53-43-20-9-7-16-39(43)51-48(53)42-19-11-18-36(50(42)55-51)33-24-26-38-37-25-22-31(28-45(37)56-46(38)30-33)32-23-27-41-47(29-32)57-52-40-17-8-10-21-44(40)54(49(41)52)35-14-5-2-6-15-35;1-3-12-34(13-4-1)53-43-20-9-7-16-39(43)51-48(53)41-27-23-32(29-47(41)56-51)31-22-25-37-38-26-24-33(30-46(38)55-45(37)28-31)36-18-11-19-42-49-52(57-50(36)42)40-17-8-10-21-44(40)54(49)35-14-5-2-6-15-35/h2*1-30H. The van der Waals surface area contributed by atoms with Crippen molar-refractivity contribution in [1.29, 1.82) is 0 Å². The Labute approximate surface area is 672 Å². The van der Waals surface area contributed by atoms with Crippen LogP contribution in [0.25, 0.3) is 234 Å². The van der Waals surface area contributed by atoms with Gasteiger partial charge in [0.25, 0.3) is 0 Å². The van der Waals surface area contributed by atoms with Gasteiger partial charge in [-0.05, 0) is 160 Å². The summed E-state index contributed by atoms with van der Waals surface area (Å²) in [5.74, 6) is 0. The lowest BCUT2D eigenvalue weighted by Crippen LogP contribution is -1.92. The van der Waals surface area contributed by atoms with Crippen molar-refractivity contribution in [3.05, 3.63) is 364 Å². The molecule has 5 nitrogen and oxygen atoms in total. The lowest BCUT2D eigenvalue weighted by molar-refractivity contribution is 0.674. The lowest BCUT2D eigenvalue weighted by Gasteiger charge is -2.09. The van der Waals surface area contributed by atoms with Crippen LogP contribution in [0.3, 0.4) is 0 Å². The van der Waals surface area contributed by atoms with Gasteiger partial charge in [0.1, 0.15) is 11.1 Å². The van der Waals surface area contributed by atoms with E-state index >= 15 is 0 Å². The normalized spacial score (nSPS) is 12.2. The third-order valence-corrected chi connectivity index (χ3v) is 29.3. The second-order valence-electron chi connectivity index (χ2n) is 29.7. The van der Waals surface area contributed by atoms with Crippen molar-refractivity contribution in [2.75, 3.05) is 0 Å². The van der Waals surface area contributed by atoms with Crippen LogP contribution in [0, 0.1) is 0 Å². The summed E-state index contributed by atoms with van der Waals surface area (Å²) in [5.41, 5.74) is 26.3. The highest BCUT2D eigenvalue weighted by Crippen LogP contribution is 2.51. The largest absolute Gasteiger partial charge is 0.453 e. The molecule has 10 heteroatoms. The fourth-order valence-corrected chi connectivity index (χ4v) is 24.6. The molecule has 10 heterocycles. The van der Waals surface area contributed by atoms with Crippen molar-refractivity contribution in [3.63, 3.8) is 0 Å². The van der Waals surface area contributed by atoms with Crippen LogP contribution in [-0.4, -0.2) is 18.3 Å². The molecule has 0 aliphatic heterocycles. The molecule has 26 aromatic rings. The second kappa shape index (κ2) is 25.0. The van der Waals surface area contributed by atoms with E-state index in [-0.39, 0.29) is 0 Å². The van der Waals surface area contributed by atoms with Crippen molar-refractivity contribution >= 4 is 224 Å². The highest BCUT2D eigenvalue weighted by atomic mass is 32.1. The Bertz CT molecular complexity index is 7990. The molecule has 0 fully saturated rings. The SMILES string of the molecule is c1ccc(-n2c3ccccc3c3oc4c(-c5ccc6c(c5)sc5cc(-c7ccc8c(c7)sc7c9ccccc9n(-c9ccccc9)c87)ccc56)cccc4c32)cc1.c1ccc(-n2c3ccccc3c3sc4cc(-c5ccc6c(c5)sc5cc(-c7cccc8c7sc7c9ccccc9n(-c9ccccc9)c87)ccc56)ccc4c32)cc1. The van der Waals surface area contributed by atoms with Crippen molar-refractivity contribution in [1.82, 2.24) is 18.3 Å². The zero-order valence-corrected chi connectivity index (χ0v) is 65.0. The van der Waals surface area contributed by atoms with Crippen LogP contribution in [-0.2, 0) is 0 Å². The maximum atomic E-state index is 6.87. The predicted molar refractivity (Wildman–Crippen MR) is 494 cm³/mol. The molecule has 114 heavy (non-hydrogen) atoms. The molecule has 0 saturated heterocycles. The van der Waals surface area contributed by atoms with E-state index in [1.54, 1.807) is 0 Å². The summed E-state index contributed by atoms with van der Waals surface area (Å²) >= 11 is 9.49. The van der Waals surface area contributed by atoms with E-state index in [1.807, 2.05) is 56.7 Å². The molecule has 0 unspecified atom stereocenters. The van der Waals surface area contributed by atoms with Gasteiger partial charge in [0.05, 0.1) is 52.7 Å². The number of benzene rings is 16. The molecule has 0 aliphatic carbocycles. The second-order valence-corrected chi connectivity index (χ2v) is 35.0. The highest BCUT2D eigenvalue weighted by molar-refractivity contribution is 7.28. The van der Waals surface area contributed by atoms with Crippen LogP contribution in [0.15, 0.2) is 368 Å². The third-order valence-electron chi connectivity index (χ3n) is 23.5. The number of fused-ring (bicyclic) bond motifs is 26. The molecule has 0 saturated carbocycles. The first-order valence-corrected chi connectivity index (χ1v) is 42.6. The van der Waals surface area contributed by atoms with Gasteiger partial charge in [-0.25, -0.2) is 0 Å². The van der Waals surface area contributed by atoms with Gasteiger partial charge in [-0.15, -0.1) is 56.7 Å². The van der Waals surface area contributed by atoms with E-state index in [2.05, 4.69) is 382 Å². The van der Waals surface area contributed by atoms with Gasteiger partial charge in [-0.3, -0.25) is 0 Å². The smallest absolute Gasteiger partial charge is 0.161 e. The summed E-state index contributed by atoms with van der Waals surface area (Å²) in [7, 11) is 0. The highest BCUT2D eigenvalue weighted by Gasteiger charge is 2.26. The number of hydrogen-bond acceptors (Lipinski definition) is 6. The van der Waals surface area contributed by atoms with Gasteiger partial charge in [0, 0.05) is 126 Å². The van der Waals surface area contributed by atoms with E-state index in [1.165, 1.54) is 184 Å². The minimum atomic E-state index is 0.922. The fraction of sp³-hybridized carbons (Fsp3) is 0. The van der Waals surface area contributed by atoms with Crippen molar-refractivity contribution in [2.45, 2.75) is 0 Å². The van der Waals surface area contributed by atoms with E-state index in [0.29, 0.717) is 0 Å². The Morgan fingerprint density at radius 3 is 0.904 bits per heavy atom. The van der Waals surface area contributed by atoms with Crippen LogP contribution in [0.5, 0.6) is 0 Å². The summed E-state index contributed by atoms with van der Waals surface area (Å²) in [6, 6.07) is 133. The first-order chi connectivity index (χ1) is 56.5. The molecule has 0 amide bonds. The lowest BCUT2D eigenvalue weighted by atomic mass is 10.0. The molecule has 10 aromatic heterocycles. The predicted octanol–water partition coefficient (Wildman–Crippen LogP) is 31.6. The van der Waals surface area contributed by atoms with Crippen LogP contribution in [0.2, 0.25) is 0 Å². The Morgan fingerprint density at radius 1 is 0.175 bits per heavy atom. The zero-order chi connectivity index (χ0) is 74.4.